The van der Waals surface area contributed by atoms with E-state index in [4.69, 9.17) is 0 Å². The molecule has 0 atom stereocenters. The predicted molar refractivity (Wildman–Crippen MR) is 48.7 cm³/mol. The lowest BCUT2D eigenvalue weighted by Crippen LogP contribution is -2.13. The molecule has 0 spiro atoms. The Labute approximate surface area is 72.9 Å². The monoisotopic (exact) mass is 196 g/mol. The van der Waals surface area contributed by atoms with E-state index in [0.29, 0.717) is 6.54 Å². The largest absolute Gasteiger partial charge is 0.306 e. The van der Waals surface area contributed by atoms with Crippen molar-refractivity contribution in [2.24, 2.45) is 0 Å². The van der Waals surface area contributed by atoms with Crippen molar-refractivity contribution in [2.75, 3.05) is 20.6 Å². The number of rotatable bonds is 4. The number of sulfonamides is 1. The van der Waals surface area contributed by atoms with Crippen LogP contribution in [0.25, 0.3) is 0 Å². The highest BCUT2D eigenvalue weighted by Crippen LogP contribution is 1.88. The second-order valence-electron chi connectivity index (χ2n) is 2.27. The minimum Gasteiger partial charge on any atom is -0.306 e. The Kier molecular flexibility index (Phi) is 4.74. The highest BCUT2D eigenvalue weighted by molar-refractivity contribution is 8.02. The fourth-order valence-electron chi connectivity index (χ4n) is 0.411. The standard InChI is InChI=1S/C5H12N2O2S2/c1-7(2)4-3-5-11(8,9)6-10/h3,5-6,10H,4H2,1-2H3/b5-3+. The molecule has 0 aliphatic heterocycles. The Morgan fingerprint density at radius 2 is 2.09 bits per heavy atom. The first kappa shape index (κ1) is 11.0. The van der Waals surface area contributed by atoms with Gasteiger partial charge in [-0.3, -0.25) is 0 Å². The summed E-state index contributed by atoms with van der Waals surface area (Å²) >= 11 is 3.42. The van der Waals surface area contributed by atoms with Gasteiger partial charge in [0.1, 0.15) is 0 Å². The zero-order valence-electron chi connectivity index (χ0n) is 6.48. The highest BCUT2D eigenvalue weighted by Gasteiger charge is 1.98. The van der Waals surface area contributed by atoms with E-state index >= 15 is 0 Å². The normalized spacial score (nSPS) is 13.1. The number of likely N-dealkylation sites (N-methyl/N-ethyl adjacent to an activating group) is 1. The molecule has 4 nitrogen and oxygen atoms in total. The third kappa shape index (κ3) is 6.36. The molecular formula is C5H12N2O2S2. The number of nitrogens with one attached hydrogen (secondary N) is 1. The Balaban J connectivity index is 3.94. The third-order valence-electron chi connectivity index (χ3n) is 0.873. The van der Waals surface area contributed by atoms with Gasteiger partial charge in [0.05, 0.1) is 0 Å². The molecule has 0 rings (SSSR count). The van der Waals surface area contributed by atoms with Crippen molar-refractivity contribution in [3.8, 4) is 0 Å². The molecule has 11 heavy (non-hydrogen) atoms. The fourth-order valence-corrected chi connectivity index (χ4v) is 0.994. The molecule has 66 valence electrons. The van der Waals surface area contributed by atoms with E-state index in [1.165, 1.54) is 0 Å². The molecule has 0 fully saturated rings. The van der Waals surface area contributed by atoms with Gasteiger partial charge in [-0.25, -0.2) is 8.42 Å². The van der Waals surface area contributed by atoms with E-state index in [1.54, 1.807) is 6.08 Å². The first-order chi connectivity index (χ1) is 4.98. The van der Waals surface area contributed by atoms with E-state index in [-0.39, 0.29) is 0 Å². The Morgan fingerprint density at radius 1 is 1.55 bits per heavy atom. The van der Waals surface area contributed by atoms with Crippen LogP contribution in [0.2, 0.25) is 0 Å². The Morgan fingerprint density at radius 3 is 2.45 bits per heavy atom. The van der Waals surface area contributed by atoms with Crippen LogP contribution in [0.5, 0.6) is 0 Å². The van der Waals surface area contributed by atoms with Crippen molar-refractivity contribution in [3.63, 3.8) is 0 Å². The van der Waals surface area contributed by atoms with E-state index < -0.39 is 10.0 Å². The van der Waals surface area contributed by atoms with Crippen molar-refractivity contribution < 1.29 is 8.42 Å². The lowest BCUT2D eigenvalue weighted by atomic mass is 10.6. The number of hydrogen-bond acceptors (Lipinski definition) is 4. The maximum Gasteiger partial charge on any atom is 0.242 e. The van der Waals surface area contributed by atoms with Crippen LogP contribution in [-0.2, 0) is 10.0 Å². The molecule has 6 heteroatoms. The van der Waals surface area contributed by atoms with Crippen LogP contribution in [0.15, 0.2) is 11.5 Å². The van der Waals surface area contributed by atoms with Crippen LogP contribution in [0.3, 0.4) is 0 Å². The fraction of sp³-hybridized carbons (Fsp3) is 0.600. The molecule has 0 radical (unpaired) electrons. The van der Waals surface area contributed by atoms with Crippen LogP contribution in [0.4, 0.5) is 0 Å². The molecule has 0 aromatic carbocycles. The SMILES string of the molecule is CN(C)C/C=C/S(=O)(=O)NS. The second-order valence-corrected chi connectivity index (χ2v) is 4.36. The summed E-state index contributed by atoms with van der Waals surface area (Å²) in [4.78, 5) is 1.85. The van der Waals surface area contributed by atoms with Crippen molar-refractivity contribution in [1.29, 1.82) is 0 Å². The summed E-state index contributed by atoms with van der Waals surface area (Å²) in [5.41, 5.74) is 0. The summed E-state index contributed by atoms with van der Waals surface area (Å²) in [7, 11) is 0.396. The van der Waals surface area contributed by atoms with Gasteiger partial charge in [0, 0.05) is 12.0 Å². The smallest absolute Gasteiger partial charge is 0.242 e. The zero-order valence-corrected chi connectivity index (χ0v) is 8.19. The van der Waals surface area contributed by atoms with E-state index in [2.05, 4.69) is 12.8 Å². The molecule has 1 N–H and O–H groups in total. The molecule has 0 saturated heterocycles. The van der Waals surface area contributed by atoms with Gasteiger partial charge in [-0.05, 0) is 14.1 Å². The van der Waals surface area contributed by atoms with Crippen LogP contribution >= 0.6 is 12.8 Å². The summed E-state index contributed by atoms with van der Waals surface area (Å²) in [5.74, 6) is 0. The van der Waals surface area contributed by atoms with E-state index in [0.717, 1.165) is 5.41 Å². The molecule has 0 aliphatic rings. The van der Waals surface area contributed by atoms with E-state index in [9.17, 15) is 8.42 Å². The maximum absolute atomic E-state index is 10.7. The second kappa shape index (κ2) is 4.76. The van der Waals surface area contributed by atoms with Crippen molar-refractivity contribution in [1.82, 2.24) is 9.03 Å². The zero-order chi connectivity index (χ0) is 8.91. The van der Waals surface area contributed by atoms with Gasteiger partial charge in [0.15, 0.2) is 0 Å². The van der Waals surface area contributed by atoms with Crippen LogP contribution in [0.1, 0.15) is 0 Å². The Hall–Kier alpha value is -0.0400. The molecule has 0 bridgehead atoms. The average molecular weight is 196 g/mol. The van der Waals surface area contributed by atoms with Gasteiger partial charge < -0.3 is 4.90 Å². The number of hydrogen-bond donors (Lipinski definition) is 2. The summed E-state index contributed by atoms with van der Waals surface area (Å²) in [6.45, 7) is 0.592. The van der Waals surface area contributed by atoms with Crippen LogP contribution in [-0.4, -0.2) is 34.0 Å². The molecule has 0 aliphatic carbocycles. The van der Waals surface area contributed by atoms with Gasteiger partial charge in [-0.1, -0.05) is 18.9 Å². The third-order valence-corrected chi connectivity index (χ3v) is 2.44. The molecular weight excluding hydrogens is 184 g/mol. The summed E-state index contributed by atoms with van der Waals surface area (Å²) in [6, 6.07) is 0. The summed E-state index contributed by atoms with van der Waals surface area (Å²) in [5, 5.41) is 1.08. The van der Waals surface area contributed by atoms with Crippen LogP contribution < -0.4 is 4.13 Å². The number of nitrogens with zero attached hydrogens (tertiary/aromatic N) is 1. The molecule has 0 aromatic rings. The lowest BCUT2D eigenvalue weighted by Gasteiger charge is -2.03. The van der Waals surface area contributed by atoms with Gasteiger partial charge in [-0.2, -0.15) is 4.13 Å². The van der Waals surface area contributed by atoms with Crippen LogP contribution in [0, 0.1) is 0 Å². The topological polar surface area (TPSA) is 49.4 Å². The van der Waals surface area contributed by atoms with E-state index in [1.807, 2.05) is 23.1 Å². The quantitative estimate of drug-likeness (QED) is 0.614. The minimum absolute atomic E-state index is 0.592. The molecule has 0 unspecified atom stereocenters. The first-order valence-electron chi connectivity index (χ1n) is 2.95. The van der Waals surface area contributed by atoms with Gasteiger partial charge in [0.2, 0.25) is 10.0 Å². The Bertz CT molecular complexity index is 221. The minimum atomic E-state index is -3.31. The van der Waals surface area contributed by atoms with Crippen molar-refractivity contribution >= 4 is 22.8 Å². The maximum atomic E-state index is 10.7. The molecule has 0 saturated carbocycles. The summed E-state index contributed by atoms with van der Waals surface area (Å²) in [6.07, 6.45) is 1.54. The molecule has 0 aromatic heterocycles. The van der Waals surface area contributed by atoms with Crippen molar-refractivity contribution in [2.45, 2.75) is 0 Å². The van der Waals surface area contributed by atoms with Gasteiger partial charge in [-0.15, -0.1) is 0 Å². The number of thiol groups is 1. The first-order valence-corrected chi connectivity index (χ1v) is 4.94. The molecule has 0 heterocycles. The predicted octanol–water partition coefficient (Wildman–Crippen LogP) is -0.174. The van der Waals surface area contributed by atoms with Gasteiger partial charge in [0.25, 0.3) is 0 Å². The highest BCUT2D eigenvalue weighted by atomic mass is 32.3. The molecule has 0 amide bonds. The van der Waals surface area contributed by atoms with Gasteiger partial charge >= 0.3 is 0 Å². The summed E-state index contributed by atoms with van der Waals surface area (Å²) < 4.78 is 23.3. The average Bonchev–Trinajstić information content (AvgIpc) is 1.87. The van der Waals surface area contributed by atoms with Crippen molar-refractivity contribution in [3.05, 3.63) is 11.5 Å². The lowest BCUT2D eigenvalue weighted by molar-refractivity contribution is 0.456.